The Morgan fingerprint density at radius 2 is 2.05 bits per heavy atom. The zero-order chi connectivity index (χ0) is 15.0. The van der Waals surface area contributed by atoms with Gasteiger partial charge in [-0.15, -0.1) is 11.6 Å². The monoisotopic (exact) mass is 305 g/mol. The van der Waals surface area contributed by atoms with Crippen molar-refractivity contribution in [2.45, 2.75) is 58.9 Å². The van der Waals surface area contributed by atoms with E-state index in [1.807, 2.05) is 12.3 Å². The predicted octanol–water partition coefficient (Wildman–Crippen LogP) is 4.66. The van der Waals surface area contributed by atoms with Crippen molar-refractivity contribution in [1.29, 1.82) is 0 Å². The molecule has 1 aliphatic rings. The van der Waals surface area contributed by atoms with Crippen LogP contribution in [-0.2, 0) is 6.42 Å². The van der Waals surface area contributed by atoms with E-state index >= 15 is 0 Å². The molecule has 0 atom stereocenters. The van der Waals surface area contributed by atoms with Crippen LogP contribution in [0.15, 0.2) is 12.3 Å². The third-order valence-corrected chi connectivity index (χ3v) is 5.03. The number of hydrogen-bond acceptors (Lipinski definition) is 2. The van der Waals surface area contributed by atoms with Gasteiger partial charge in [-0.25, -0.2) is 9.97 Å². The molecule has 3 nitrogen and oxygen atoms in total. The van der Waals surface area contributed by atoms with Crippen molar-refractivity contribution in [2.75, 3.05) is 5.88 Å². The van der Waals surface area contributed by atoms with Gasteiger partial charge < -0.3 is 4.57 Å². The Bertz CT molecular complexity index is 635. The summed E-state index contributed by atoms with van der Waals surface area (Å²) in [4.78, 5) is 9.44. The first-order valence-electron chi connectivity index (χ1n) is 7.90. The minimum absolute atomic E-state index is 0.475. The second-order valence-electron chi connectivity index (χ2n) is 7.03. The zero-order valence-electron chi connectivity index (χ0n) is 13.2. The van der Waals surface area contributed by atoms with Gasteiger partial charge in [-0.1, -0.05) is 13.8 Å². The van der Waals surface area contributed by atoms with Crippen molar-refractivity contribution < 1.29 is 0 Å². The Hall–Kier alpha value is -1.09. The fourth-order valence-corrected chi connectivity index (χ4v) is 3.61. The fraction of sp³-hybridized carbons (Fsp3) is 0.647. The molecule has 0 bridgehead atoms. The molecule has 3 rings (SSSR count). The Labute approximate surface area is 131 Å². The highest BCUT2D eigenvalue weighted by atomic mass is 35.5. The molecule has 0 spiro atoms. The first kappa shape index (κ1) is 14.8. The second-order valence-corrected chi connectivity index (χ2v) is 7.41. The molecule has 2 aromatic heterocycles. The molecule has 0 aromatic carbocycles. The number of hydrogen-bond donors (Lipinski definition) is 0. The molecule has 1 aliphatic carbocycles. The van der Waals surface area contributed by atoms with Crippen LogP contribution in [0.4, 0.5) is 0 Å². The van der Waals surface area contributed by atoms with Crippen LogP contribution >= 0.6 is 11.6 Å². The average Bonchev–Trinajstić information content (AvgIpc) is 2.79. The van der Waals surface area contributed by atoms with Gasteiger partial charge in [0.05, 0.1) is 0 Å². The minimum atomic E-state index is 0.475. The zero-order valence-corrected chi connectivity index (χ0v) is 14.0. The molecule has 0 aliphatic heterocycles. The quantitative estimate of drug-likeness (QED) is 0.772. The largest absolute Gasteiger partial charge is 0.310 e. The van der Waals surface area contributed by atoms with E-state index in [0.29, 0.717) is 17.3 Å². The van der Waals surface area contributed by atoms with Gasteiger partial charge in [0.15, 0.2) is 5.65 Å². The first-order valence-corrected chi connectivity index (χ1v) is 8.44. The van der Waals surface area contributed by atoms with Crippen LogP contribution in [0.1, 0.15) is 57.0 Å². The number of rotatable bonds is 3. The number of fused-ring (bicyclic) bond motifs is 1. The highest BCUT2D eigenvalue weighted by molar-refractivity contribution is 6.17. The maximum absolute atomic E-state index is 5.99. The van der Waals surface area contributed by atoms with Crippen LogP contribution in [0.2, 0.25) is 0 Å². The lowest BCUT2D eigenvalue weighted by Gasteiger charge is -2.35. The summed E-state index contributed by atoms with van der Waals surface area (Å²) >= 11 is 5.99. The summed E-state index contributed by atoms with van der Waals surface area (Å²) in [5.41, 5.74) is 3.76. The minimum Gasteiger partial charge on any atom is -0.310 e. The third kappa shape index (κ3) is 2.80. The van der Waals surface area contributed by atoms with Gasteiger partial charge in [0, 0.05) is 24.5 Å². The maximum atomic E-state index is 5.99. The Balaban J connectivity index is 2.04. The number of aromatic nitrogens is 3. The summed E-state index contributed by atoms with van der Waals surface area (Å²) in [6.45, 7) is 6.85. The number of pyridine rings is 1. The van der Waals surface area contributed by atoms with Crippen molar-refractivity contribution in [3.05, 3.63) is 23.7 Å². The Morgan fingerprint density at radius 1 is 1.33 bits per heavy atom. The van der Waals surface area contributed by atoms with Crippen molar-refractivity contribution in [3.63, 3.8) is 0 Å². The van der Waals surface area contributed by atoms with Gasteiger partial charge in [-0.3, -0.25) is 0 Å². The summed E-state index contributed by atoms with van der Waals surface area (Å²) in [5, 5.41) is 0. The van der Waals surface area contributed by atoms with Gasteiger partial charge in [0.25, 0.3) is 0 Å². The molecule has 114 valence electrons. The number of nitrogens with zero attached hydrogens (tertiary/aromatic N) is 3. The molecule has 0 N–H and O–H groups in total. The summed E-state index contributed by atoms with van der Waals surface area (Å²) in [6.07, 6.45) is 7.67. The van der Waals surface area contributed by atoms with Crippen molar-refractivity contribution >= 4 is 22.8 Å². The van der Waals surface area contributed by atoms with E-state index in [2.05, 4.69) is 30.3 Å². The van der Waals surface area contributed by atoms with E-state index in [9.17, 15) is 0 Å². The third-order valence-electron chi connectivity index (χ3n) is 4.85. The van der Waals surface area contributed by atoms with Crippen molar-refractivity contribution in [1.82, 2.24) is 14.5 Å². The summed E-state index contributed by atoms with van der Waals surface area (Å²) in [7, 11) is 0. The van der Waals surface area contributed by atoms with E-state index < -0.39 is 0 Å². The number of imidazole rings is 1. The smallest absolute Gasteiger partial charge is 0.160 e. The molecule has 1 fully saturated rings. The molecule has 0 radical (unpaired) electrons. The van der Waals surface area contributed by atoms with E-state index in [1.165, 1.54) is 31.2 Å². The Morgan fingerprint density at radius 3 is 2.71 bits per heavy atom. The van der Waals surface area contributed by atoms with Crippen molar-refractivity contribution in [3.8, 4) is 0 Å². The number of halogens is 1. The van der Waals surface area contributed by atoms with Gasteiger partial charge >= 0.3 is 0 Å². The average molecular weight is 306 g/mol. The standard InChI is InChI=1S/C17H24ClN3/c1-12-7-11-19-16-15(12)20-14(6-10-18)21(16)13-4-8-17(2,3)9-5-13/h7,11,13H,4-6,8-10H2,1-3H3. The first-order chi connectivity index (χ1) is 10.0. The molecule has 4 heteroatoms. The normalized spacial score (nSPS) is 19.2. The summed E-state index contributed by atoms with van der Waals surface area (Å²) in [6, 6.07) is 2.56. The molecule has 1 saturated carbocycles. The molecule has 0 unspecified atom stereocenters. The van der Waals surface area contributed by atoms with Crippen LogP contribution in [0.5, 0.6) is 0 Å². The SMILES string of the molecule is Cc1ccnc2c1nc(CCCl)n2C1CCC(C)(C)CC1. The number of alkyl halides is 1. The van der Waals surface area contributed by atoms with Gasteiger partial charge in [0.2, 0.25) is 0 Å². The molecule has 2 heterocycles. The van der Waals surface area contributed by atoms with Gasteiger partial charge in [-0.2, -0.15) is 0 Å². The predicted molar refractivity (Wildman–Crippen MR) is 88.0 cm³/mol. The van der Waals surface area contributed by atoms with Crippen LogP contribution in [0.3, 0.4) is 0 Å². The van der Waals surface area contributed by atoms with Gasteiger partial charge in [0.1, 0.15) is 11.3 Å². The van der Waals surface area contributed by atoms with Crippen LogP contribution in [0.25, 0.3) is 11.2 Å². The van der Waals surface area contributed by atoms with Crippen LogP contribution < -0.4 is 0 Å². The lowest BCUT2D eigenvalue weighted by molar-refractivity contribution is 0.194. The number of aryl methyl sites for hydroxylation is 2. The van der Waals surface area contributed by atoms with Gasteiger partial charge in [-0.05, 0) is 49.7 Å². The summed E-state index contributed by atoms with van der Waals surface area (Å²) < 4.78 is 2.37. The second kappa shape index (κ2) is 5.60. The Kier molecular flexibility index (Phi) is 3.96. The summed E-state index contributed by atoms with van der Waals surface area (Å²) in [5.74, 6) is 1.71. The van der Waals surface area contributed by atoms with E-state index in [-0.39, 0.29) is 0 Å². The topological polar surface area (TPSA) is 30.7 Å². The molecule has 0 amide bonds. The van der Waals surface area contributed by atoms with E-state index in [1.54, 1.807) is 0 Å². The molecule has 21 heavy (non-hydrogen) atoms. The lowest BCUT2D eigenvalue weighted by Crippen LogP contribution is -2.24. The fourth-order valence-electron chi connectivity index (χ4n) is 3.44. The van der Waals surface area contributed by atoms with E-state index in [0.717, 1.165) is 23.4 Å². The molecule has 0 saturated heterocycles. The van der Waals surface area contributed by atoms with E-state index in [4.69, 9.17) is 16.6 Å². The molecular formula is C17H24ClN3. The molecular weight excluding hydrogens is 282 g/mol. The van der Waals surface area contributed by atoms with Crippen molar-refractivity contribution in [2.24, 2.45) is 5.41 Å². The lowest BCUT2D eigenvalue weighted by atomic mass is 9.75. The maximum Gasteiger partial charge on any atom is 0.160 e. The molecule has 2 aromatic rings. The highest BCUT2D eigenvalue weighted by Gasteiger charge is 2.30. The van der Waals surface area contributed by atoms with Crippen LogP contribution in [0, 0.1) is 12.3 Å². The van der Waals surface area contributed by atoms with Crippen LogP contribution in [-0.4, -0.2) is 20.4 Å². The highest BCUT2D eigenvalue weighted by Crippen LogP contribution is 2.41.